The van der Waals surface area contributed by atoms with E-state index in [1.165, 1.54) is 11.0 Å². The summed E-state index contributed by atoms with van der Waals surface area (Å²) in [6, 6.07) is 14.7. The Hall–Kier alpha value is -4.68. The minimum absolute atomic E-state index is 0.0310. The van der Waals surface area contributed by atoms with Crippen molar-refractivity contribution in [3.63, 3.8) is 0 Å². The van der Waals surface area contributed by atoms with Gasteiger partial charge in [-0.25, -0.2) is 9.83 Å². The molecule has 1 aliphatic heterocycles. The average molecular weight is 523 g/mol. The molecule has 0 saturated carbocycles. The Bertz CT molecular complexity index is 1610. The first-order valence-corrected chi connectivity index (χ1v) is 13.0. The number of nitrogens with zero attached hydrogens (tertiary/aromatic N) is 4. The van der Waals surface area contributed by atoms with Crippen LogP contribution in [-0.4, -0.2) is 40.0 Å². The number of benzene rings is 2. The SMILES string of the molecule is [C-]#[N+]c1ccc(-c2cnc(Nc3cc(NC(=O)CN4CCCCC4)ccc3C)o2)cc1-n1cccc(C)c1=O. The van der Waals surface area contributed by atoms with E-state index in [1.807, 2.05) is 25.1 Å². The summed E-state index contributed by atoms with van der Waals surface area (Å²) in [5, 5.41) is 6.19. The van der Waals surface area contributed by atoms with Crippen LogP contribution in [0.15, 0.2) is 70.1 Å². The number of hydrogen-bond acceptors (Lipinski definition) is 6. The number of oxazole rings is 1. The Morgan fingerprint density at radius 2 is 1.90 bits per heavy atom. The Labute approximate surface area is 226 Å². The molecule has 1 aliphatic rings. The highest BCUT2D eigenvalue weighted by molar-refractivity contribution is 5.93. The second kappa shape index (κ2) is 11.4. The highest BCUT2D eigenvalue weighted by Crippen LogP contribution is 2.32. The molecule has 1 amide bonds. The predicted octanol–water partition coefficient (Wildman–Crippen LogP) is 5.83. The maximum atomic E-state index is 12.7. The van der Waals surface area contributed by atoms with Gasteiger partial charge in [-0.2, -0.15) is 0 Å². The van der Waals surface area contributed by atoms with Crippen LogP contribution in [0.1, 0.15) is 30.4 Å². The van der Waals surface area contributed by atoms with Crippen molar-refractivity contribution in [3.8, 4) is 17.0 Å². The molecule has 39 heavy (non-hydrogen) atoms. The molecule has 1 fully saturated rings. The van der Waals surface area contributed by atoms with Crippen LogP contribution in [0.4, 0.5) is 23.1 Å². The minimum Gasteiger partial charge on any atom is -0.423 e. The van der Waals surface area contributed by atoms with Crippen LogP contribution < -0.4 is 16.2 Å². The molecule has 4 aromatic rings. The zero-order valence-corrected chi connectivity index (χ0v) is 22.0. The number of anilines is 3. The topological polar surface area (TPSA) is 96.8 Å². The van der Waals surface area contributed by atoms with E-state index in [2.05, 4.69) is 25.4 Å². The van der Waals surface area contributed by atoms with Crippen LogP contribution >= 0.6 is 0 Å². The molecule has 2 aromatic carbocycles. The third kappa shape index (κ3) is 5.92. The first kappa shape index (κ1) is 25.9. The molecule has 0 unspecified atom stereocenters. The highest BCUT2D eigenvalue weighted by Gasteiger charge is 2.16. The molecule has 0 radical (unpaired) electrons. The van der Waals surface area contributed by atoms with Gasteiger partial charge >= 0.3 is 0 Å². The summed E-state index contributed by atoms with van der Waals surface area (Å²) in [6.07, 6.45) is 6.75. The van der Waals surface area contributed by atoms with Crippen LogP contribution in [-0.2, 0) is 4.79 Å². The molecular weight excluding hydrogens is 492 g/mol. The molecule has 5 rings (SSSR count). The summed E-state index contributed by atoms with van der Waals surface area (Å²) in [5.74, 6) is 0.455. The summed E-state index contributed by atoms with van der Waals surface area (Å²) in [5.41, 5.74) is 4.34. The molecule has 0 bridgehead atoms. The molecule has 2 aromatic heterocycles. The summed E-state index contributed by atoms with van der Waals surface area (Å²) >= 11 is 0. The van der Waals surface area contributed by atoms with Crippen LogP contribution in [0.5, 0.6) is 0 Å². The standard InChI is InChI=1S/C30H30N6O3/c1-20-9-11-23(33-28(37)19-35-13-5-4-6-14-35)17-25(20)34-30-32-18-27(39-30)22-10-12-24(31-3)26(16-22)36-15-7-8-21(2)29(36)38/h7-12,15-18H,4-6,13-14,19H2,1-2H3,(H,32,34)(H,33,37). The van der Waals surface area contributed by atoms with Gasteiger partial charge in [-0.3, -0.25) is 19.1 Å². The number of piperidine rings is 1. The van der Waals surface area contributed by atoms with Gasteiger partial charge < -0.3 is 15.1 Å². The summed E-state index contributed by atoms with van der Waals surface area (Å²) in [4.78, 5) is 35.4. The number of hydrogen-bond donors (Lipinski definition) is 2. The van der Waals surface area contributed by atoms with Crippen LogP contribution in [0.25, 0.3) is 21.9 Å². The lowest BCUT2D eigenvalue weighted by Gasteiger charge is -2.25. The average Bonchev–Trinajstić information content (AvgIpc) is 3.41. The summed E-state index contributed by atoms with van der Waals surface area (Å²) < 4.78 is 7.46. The molecule has 9 heteroatoms. The molecule has 3 heterocycles. The van der Waals surface area contributed by atoms with E-state index in [0.717, 1.165) is 37.2 Å². The van der Waals surface area contributed by atoms with E-state index < -0.39 is 0 Å². The van der Waals surface area contributed by atoms with Gasteiger partial charge in [0.05, 0.1) is 25.0 Å². The molecule has 1 saturated heterocycles. The first-order valence-electron chi connectivity index (χ1n) is 13.0. The Morgan fingerprint density at radius 3 is 2.69 bits per heavy atom. The summed E-state index contributed by atoms with van der Waals surface area (Å²) in [6.45, 7) is 13.6. The Morgan fingerprint density at radius 1 is 1.08 bits per heavy atom. The third-order valence-electron chi connectivity index (χ3n) is 6.86. The number of likely N-dealkylation sites (tertiary alicyclic amines) is 1. The van der Waals surface area contributed by atoms with Gasteiger partial charge in [0.1, 0.15) is 0 Å². The zero-order valence-electron chi connectivity index (χ0n) is 22.0. The molecule has 0 spiro atoms. The van der Waals surface area contributed by atoms with Crippen molar-refractivity contribution in [1.29, 1.82) is 0 Å². The monoisotopic (exact) mass is 522 g/mol. The number of carbonyl (C=O) groups excluding carboxylic acids is 1. The number of pyridine rings is 1. The van der Waals surface area contributed by atoms with Crippen molar-refractivity contribution in [2.75, 3.05) is 30.3 Å². The lowest BCUT2D eigenvalue weighted by molar-refractivity contribution is -0.117. The normalized spacial score (nSPS) is 13.6. The van der Waals surface area contributed by atoms with E-state index in [0.29, 0.717) is 40.5 Å². The van der Waals surface area contributed by atoms with Crippen LogP contribution in [0.2, 0.25) is 0 Å². The molecule has 9 nitrogen and oxygen atoms in total. The van der Waals surface area contributed by atoms with Crippen molar-refractivity contribution in [1.82, 2.24) is 14.5 Å². The molecule has 2 N–H and O–H groups in total. The van der Waals surface area contributed by atoms with E-state index in [9.17, 15) is 9.59 Å². The minimum atomic E-state index is -0.183. The van der Waals surface area contributed by atoms with Crippen molar-refractivity contribution >= 4 is 29.0 Å². The third-order valence-corrected chi connectivity index (χ3v) is 6.86. The lowest BCUT2D eigenvalue weighted by Crippen LogP contribution is -2.36. The van der Waals surface area contributed by atoms with Crippen LogP contribution in [0, 0.1) is 20.4 Å². The van der Waals surface area contributed by atoms with Gasteiger partial charge in [0.15, 0.2) is 5.76 Å². The smallest absolute Gasteiger partial charge is 0.299 e. The van der Waals surface area contributed by atoms with Gasteiger partial charge in [-0.15, -0.1) is 0 Å². The van der Waals surface area contributed by atoms with Crippen molar-refractivity contribution < 1.29 is 9.21 Å². The number of aryl methyl sites for hydroxylation is 2. The molecular formula is C30H30N6O3. The van der Waals surface area contributed by atoms with Crippen molar-refractivity contribution in [2.45, 2.75) is 33.1 Å². The number of amides is 1. The second-order valence-electron chi connectivity index (χ2n) is 9.75. The van der Waals surface area contributed by atoms with E-state index in [4.69, 9.17) is 11.0 Å². The van der Waals surface area contributed by atoms with Crippen molar-refractivity contribution in [2.24, 2.45) is 0 Å². The quantitative estimate of drug-likeness (QED) is 0.297. The number of nitrogens with one attached hydrogen (secondary N) is 2. The fraction of sp³-hybridized carbons (Fsp3) is 0.267. The maximum Gasteiger partial charge on any atom is 0.299 e. The lowest BCUT2D eigenvalue weighted by atomic mass is 10.1. The van der Waals surface area contributed by atoms with Gasteiger partial charge in [-0.05, 0) is 69.6 Å². The van der Waals surface area contributed by atoms with Gasteiger partial charge in [0.2, 0.25) is 11.6 Å². The molecule has 198 valence electrons. The highest BCUT2D eigenvalue weighted by atomic mass is 16.4. The maximum absolute atomic E-state index is 12.7. The number of rotatable bonds is 7. The van der Waals surface area contributed by atoms with Crippen LogP contribution in [0.3, 0.4) is 0 Å². The van der Waals surface area contributed by atoms with Gasteiger partial charge in [0, 0.05) is 28.7 Å². The van der Waals surface area contributed by atoms with E-state index in [1.54, 1.807) is 49.6 Å². The fourth-order valence-electron chi connectivity index (χ4n) is 4.69. The van der Waals surface area contributed by atoms with Gasteiger partial charge in [0.25, 0.3) is 11.6 Å². The molecule has 0 atom stereocenters. The Balaban J connectivity index is 1.34. The zero-order chi connectivity index (χ0) is 27.4. The first-order chi connectivity index (χ1) is 18.9. The number of carbonyl (C=O) groups is 1. The van der Waals surface area contributed by atoms with E-state index in [-0.39, 0.29) is 17.5 Å². The molecule has 0 aliphatic carbocycles. The predicted molar refractivity (Wildman–Crippen MR) is 152 cm³/mol. The number of aromatic nitrogens is 2. The summed E-state index contributed by atoms with van der Waals surface area (Å²) in [7, 11) is 0. The van der Waals surface area contributed by atoms with E-state index >= 15 is 0 Å². The Kier molecular flexibility index (Phi) is 7.57. The second-order valence-corrected chi connectivity index (χ2v) is 9.75. The van der Waals surface area contributed by atoms with Gasteiger partial charge in [-0.1, -0.05) is 30.7 Å². The fourth-order valence-corrected chi connectivity index (χ4v) is 4.69. The van der Waals surface area contributed by atoms with Crippen molar-refractivity contribution in [3.05, 3.63) is 93.8 Å². The largest absolute Gasteiger partial charge is 0.423 e.